The molecule has 0 amide bonds. The highest BCUT2D eigenvalue weighted by atomic mass is 79.9. The highest BCUT2D eigenvalue weighted by Gasteiger charge is 2.11. The average Bonchev–Trinajstić information content (AvgIpc) is 2.64. The first kappa shape index (κ1) is 11.0. The zero-order chi connectivity index (χ0) is 11.5. The summed E-state index contributed by atoms with van der Waals surface area (Å²) in [5.74, 6) is -0.799. The highest BCUT2D eigenvalue weighted by molar-refractivity contribution is 9.10. The molecule has 0 aliphatic carbocycles. The largest absolute Gasteiger partial charge is 0.292 e. The number of ketones is 1. The van der Waals surface area contributed by atoms with Crippen molar-refractivity contribution in [3.8, 4) is 0 Å². The van der Waals surface area contributed by atoms with Crippen LogP contribution >= 0.6 is 15.9 Å². The fraction of sp³-hybridized carbons (Fsp3) is 0.0909. The molecule has 5 heteroatoms. The van der Waals surface area contributed by atoms with Crippen molar-refractivity contribution in [2.75, 3.05) is 0 Å². The fourth-order valence-corrected chi connectivity index (χ4v) is 1.67. The second-order valence-electron chi connectivity index (χ2n) is 3.26. The summed E-state index contributed by atoms with van der Waals surface area (Å²) < 4.78 is 15.5. The third-order valence-electron chi connectivity index (χ3n) is 2.08. The summed E-state index contributed by atoms with van der Waals surface area (Å²) in [5, 5.41) is 3.94. The molecule has 0 aliphatic rings. The van der Waals surface area contributed by atoms with Gasteiger partial charge in [0, 0.05) is 6.20 Å². The van der Waals surface area contributed by atoms with Crippen molar-refractivity contribution in [3.63, 3.8) is 0 Å². The molecular formula is C11H8BrFN2O. The lowest BCUT2D eigenvalue weighted by Crippen LogP contribution is -2.12. The van der Waals surface area contributed by atoms with E-state index in [1.54, 1.807) is 24.5 Å². The summed E-state index contributed by atoms with van der Waals surface area (Å²) in [4.78, 5) is 11.7. The molecule has 0 unspecified atom stereocenters. The van der Waals surface area contributed by atoms with Gasteiger partial charge in [-0.2, -0.15) is 5.10 Å². The van der Waals surface area contributed by atoms with Gasteiger partial charge >= 0.3 is 0 Å². The van der Waals surface area contributed by atoms with Crippen LogP contribution in [0, 0.1) is 5.82 Å². The van der Waals surface area contributed by atoms with Crippen LogP contribution in [0.25, 0.3) is 0 Å². The predicted octanol–water partition coefficient (Wildman–Crippen LogP) is 2.67. The lowest BCUT2D eigenvalue weighted by atomic mass is 10.1. The van der Waals surface area contributed by atoms with E-state index < -0.39 is 5.82 Å². The normalized spacial score (nSPS) is 10.4. The van der Waals surface area contributed by atoms with E-state index in [4.69, 9.17) is 0 Å². The molecule has 3 nitrogen and oxygen atoms in total. The molecule has 16 heavy (non-hydrogen) atoms. The van der Waals surface area contributed by atoms with Crippen LogP contribution in [-0.2, 0) is 6.54 Å². The van der Waals surface area contributed by atoms with Crippen LogP contribution in [0.1, 0.15) is 10.4 Å². The van der Waals surface area contributed by atoms with Gasteiger partial charge in [0.25, 0.3) is 0 Å². The first-order chi connectivity index (χ1) is 7.66. The van der Waals surface area contributed by atoms with Gasteiger partial charge in [-0.1, -0.05) is 12.1 Å². The number of nitrogens with zero attached hydrogens (tertiary/aromatic N) is 2. The van der Waals surface area contributed by atoms with E-state index in [1.165, 1.54) is 16.8 Å². The summed E-state index contributed by atoms with van der Waals surface area (Å²) in [7, 11) is 0. The maximum absolute atomic E-state index is 13.3. The van der Waals surface area contributed by atoms with Gasteiger partial charge in [0.1, 0.15) is 12.4 Å². The number of benzene rings is 1. The van der Waals surface area contributed by atoms with Crippen molar-refractivity contribution < 1.29 is 9.18 Å². The van der Waals surface area contributed by atoms with Crippen molar-refractivity contribution in [2.24, 2.45) is 0 Å². The molecule has 0 saturated carbocycles. The molecule has 0 bridgehead atoms. The average molecular weight is 283 g/mol. The number of halogens is 2. The third-order valence-corrected chi connectivity index (χ3v) is 2.49. The Kier molecular flexibility index (Phi) is 3.14. The van der Waals surface area contributed by atoms with Gasteiger partial charge in [-0.15, -0.1) is 0 Å². The molecule has 2 rings (SSSR count). The lowest BCUT2D eigenvalue weighted by Gasteiger charge is -2.02. The van der Waals surface area contributed by atoms with Crippen LogP contribution < -0.4 is 0 Å². The van der Waals surface area contributed by atoms with Crippen LogP contribution in [0.15, 0.2) is 41.1 Å². The Morgan fingerprint density at radius 1 is 1.44 bits per heavy atom. The summed E-state index contributed by atoms with van der Waals surface area (Å²) in [5.41, 5.74) is 0.0918. The first-order valence-corrected chi connectivity index (χ1v) is 5.42. The Hall–Kier alpha value is -1.49. The number of carbonyl (C=O) groups excluding carboxylic acids is 1. The van der Waals surface area contributed by atoms with E-state index in [9.17, 15) is 9.18 Å². The molecule has 0 atom stereocenters. The van der Waals surface area contributed by atoms with Gasteiger partial charge in [0.2, 0.25) is 0 Å². The summed E-state index contributed by atoms with van der Waals surface area (Å²) in [6.07, 6.45) is 3.24. The molecule has 0 radical (unpaired) electrons. The summed E-state index contributed by atoms with van der Waals surface area (Å²) in [6, 6.07) is 5.92. The molecule has 0 fully saturated rings. The molecular weight excluding hydrogens is 275 g/mol. The standard InChI is InChI=1S/C11H8BrFN2O/c12-8-5-14-15(6-8)7-11(16)9-3-1-2-4-10(9)13/h1-6H,7H2. The zero-order valence-corrected chi connectivity index (χ0v) is 9.82. The number of hydrogen-bond acceptors (Lipinski definition) is 2. The Morgan fingerprint density at radius 3 is 2.81 bits per heavy atom. The topological polar surface area (TPSA) is 34.9 Å². The predicted molar refractivity (Wildman–Crippen MR) is 60.7 cm³/mol. The molecule has 1 aromatic heterocycles. The smallest absolute Gasteiger partial charge is 0.187 e. The molecule has 0 aliphatic heterocycles. The van der Waals surface area contributed by atoms with Crippen molar-refractivity contribution in [3.05, 3.63) is 52.5 Å². The third kappa shape index (κ3) is 2.36. The summed E-state index contributed by atoms with van der Waals surface area (Å²) >= 11 is 3.22. The first-order valence-electron chi connectivity index (χ1n) is 4.62. The molecule has 0 N–H and O–H groups in total. The second kappa shape index (κ2) is 4.57. The van der Waals surface area contributed by atoms with Crippen LogP contribution in [0.2, 0.25) is 0 Å². The van der Waals surface area contributed by atoms with Crippen LogP contribution in [-0.4, -0.2) is 15.6 Å². The van der Waals surface area contributed by atoms with Gasteiger partial charge in [-0.25, -0.2) is 4.39 Å². The summed E-state index contributed by atoms with van der Waals surface area (Å²) in [6.45, 7) is 0.0343. The molecule has 1 heterocycles. The fourth-order valence-electron chi connectivity index (χ4n) is 1.34. The lowest BCUT2D eigenvalue weighted by molar-refractivity contribution is 0.0964. The van der Waals surface area contributed by atoms with E-state index in [0.29, 0.717) is 0 Å². The van der Waals surface area contributed by atoms with E-state index in [1.807, 2.05) is 0 Å². The Bertz CT molecular complexity index is 524. The van der Waals surface area contributed by atoms with E-state index >= 15 is 0 Å². The molecule has 0 saturated heterocycles. The van der Waals surface area contributed by atoms with E-state index in [-0.39, 0.29) is 17.9 Å². The van der Waals surface area contributed by atoms with Crippen LogP contribution in [0.3, 0.4) is 0 Å². The Morgan fingerprint density at radius 2 is 2.19 bits per heavy atom. The molecule has 1 aromatic carbocycles. The van der Waals surface area contributed by atoms with E-state index in [2.05, 4.69) is 21.0 Å². The van der Waals surface area contributed by atoms with Gasteiger partial charge in [-0.3, -0.25) is 9.48 Å². The van der Waals surface area contributed by atoms with Gasteiger partial charge in [-0.05, 0) is 28.1 Å². The van der Waals surface area contributed by atoms with Gasteiger partial charge in [0.15, 0.2) is 5.78 Å². The molecule has 0 spiro atoms. The zero-order valence-electron chi connectivity index (χ0n) is 8.23. The van der Waals surface area contributed by atoms with Crippen molar-refractivity contribution in [2.45, 2.75) is 6.54 Å². The van der Waals surface area contributed by atoms with Gasteiger partial charge in [0.05, 0.1) is 16.2 Å². The van der Waals surface area contributed by atoms with Crippen molar-refractivity contribution in [1.29, 1.82) is 0 Å². The molecule has 82 valence electrons. The number of aromatic nitrogens is 2. The second-order valence-corrected chi connectivity index (χ2v) is 4.17. The SMILES string of the molecule is O=C(Cn1cc(Br)cn1)c1ccccc1F. The molecule has 2 aromatic rings. The highest BCUT2D eigenvalue weighted by Crippen LogP contribution is 2.10. The number of hydrogen-bond donors (Lipinski definition) is 0. The van der Waals surface area contributed by atoms with Gasteiger partial charge < -0.3 is 0 Å². The maximum atomic E-state index is 13.3. The Labute approximate surface area is 100 Å². The van der Waals surface area contributed by atoms with Crippen molar-refractivity contribution in [1.82, 2.24) is 9.78 Å². The minimum absolute atomic E-state index is 0.0343. The Balaban J connectivity index is 2.18. The van der Waals surface area contributed by atoms with E-state index in [0.717, 1.165) is 4.47 Å². The number of Topliss-reactive ketones (excluding diaryl/α,β-unsaturated/α-hetero) is 1. The van der Waals surface area contributed by atoms with Crippen LogP contribution in [0.5, 0.6) is 0 Å². The minimum Gasteiger partial charge on any atom is -0.292 e. The monoisotopic (exact) mass is 282 g/mol. The van der Waals surface area contributed by atoms with Crippen molar-refractivity contribution >= 4 is 21.7 Å². The number of rotatable bonds is 3. The number of carbonyl (C=O) groups is 1. The minimum atomic E-state index is -0.501. The quantitative estimate of drug-likeness (QED) is 0.812. The van der Waals surface area contributed by atoms with Crippen LogP contribution in [0.4, 0.5) is 4.39 Å². The maximum Gasteiger partial charge on any atom is 0.187 e.